The first-order valence-electron chi connectivity index (χ1n) is 4.67. The molecule has 0 unspecified atom stereocenters. The lowest BCUT2D eigenvalue weighted by atomic mass is 10.2. The van der Waals surface area contributed by atoms with E-state index in [1.54, 1.807) is 0 Å². The molecule has 0 aliphatic carbocycles. The summed E-state index contributed by atoms with van der Waals surface area (Å²) in [7, 11) is 0. The van der Waals surface area contributed by atoms with Gasteiger partial charge in [-0.25, -0.2) is 4.98 Å². The van der Waals surface area contributed by atoms with Gasteiger partial charge in [0.1, 0.15) is 11.5 Å². The van der Waals surface area contributed by atoms with E-state index in [0.29, 0.717) is 5.82 Å². The van der Waals surface area contributed by atoms with Gasteiger partial charge in [-0.15, -0.1) is 0 Å². The third kappa shape index (κ3) is 1.65. The lowest BCUT2D eigenvalue weighted by Gasteiger charge is -1.94. The fraction of sp³-hybridized carbons (Fsp3) is 0.333. The van der Waals surface area contributed by atoms with Crippen molar-refractivity contribution in [2.45, 2.75) is 20.4 Å². The van der Waals surface area contributed by atoms with Crippen molar-refractivity contribution in [2.75, 3.05) is 5.73 Å². The summed E-state index contributed by atoms with van der Waals surface area (Å²) in [6, 6.07) is 0. The molecule has 0 atom stereocenters. The highest BCUT2D eigenvalue weighted by atomic mass is 79.9. The third-order valence-corrected chi connectivity index (χ3v) is 3.00. The van der Waals surface area contributed by atoms with Crippen LogP contribution >= 0.6 is 15.9 Å². The quantitative estimate of drug-likeness (QED) is 0.875. The second-order valence-electron chi connectivity index (χ2n) is 3.29. The number of hydrogen-bond donors (Lipinski definition) is 2. The topological polar surface area (TPSA) is 72.5 Å². The maximum absolute atomic E-state index is 5.67. The number of imidazole rings is 1. The van der Waals surface area contributed by atoms with E-state index in [2.05, 4.69) is 38.0 Å². The molecule has 0 aliphatic rings. The van der Waals surface area contributed by atoms with E-state index in [-0.39, 0.29) is 0 Å². The Labute approximate surface area is 95.8 Å². The molecule has 0 aliphatic heterocycles. The van der Waals surface area contributed by atoms with Crippen molar-refractivity contribution in [3.05, 3.63) is 16.5 Å². The molecule has 0 radical (unpaired) electrons. The molecule has 0 fully saturated rings. The Morgan fingerprint density at radius 3 is 2.80 bits per heavy atom. The van der Waals surface area contributed by atoms with Crippen LogP contribution in [0.2, 0.25) is 0 Å². The van der Waals surface area contributed by atoms with Crippen LogP contribution in [0.4, 0.5) is 5.82 Å². The summed E-state index contributed by atoms with van der Waals surface area (Å²) < 4.78 is 2.82. The first kappa shape index (κ1) is 10.2. The number of anilines is 1. The number of rotatable bonds is 2. The summed E-state index contributed by atoms with van der Waals surface area (Å²) in [6.07, 6.45) is 1.96. The molecule has 15 heavy (non-hydrogen) atoms. The van der Waals surface area contributed by atoms with Gasteiger partial charge < -0.3 is 10.3 Å². The zero-order valence-electron chi connectivity index (χ0n) is 8.58. The summed E-state index contributed by atoms with van der Waals surface area (Å²) in [5.74, 6) is 0.521. The number of nitrogens with one attached hydrogen (secondary N) is 1. The Morgan fingerprint density at radius 1 is 1.60 bits per heavy atom. The van der Waals surface area contributed by atoms with Gasteiger partial charge in [-0.2, -0.15) is 5.10 Å². The third-order valence-electron chi connectivity index (χ3n) is 2.37. The van der Waals surface area contributed by atoms with Gasteiger partial charge in [-0.05, 0) is 29.8 Å². The number of H-pyrrole nitrogens is 1. The van der Waals surface area contributed by atoms with Gasteiger partial charge in [-0.1, -0.05) is 0 Å². The number of nitrogens with two attached hydrogens (primary N) is 1. The largest absolute Gasteiger partial charge is 0.382 e. The maximum atomic E-state index is 5.67. The first-order chi connectivity index (χ1) is 7.13. The number of aromatic nitrogens is 4. The van der Waals surface area contributed by atoms with Crippen molar-refractivity contribution >= 4 is 21.7 Å². The summed E-state index contributed by atoms with van der Waals surface area (Å²) >= 11 is 3.39. The molecule has 0 spiro atoms. The van der Waals surface area contributed by atoms with E-state index >= 15 is 0 Å². The highest BCUT2D eigenvalue weighted by molar-refractivity contribution is 9.10. The lowest BCUT2D eigenvalue weighted by Crippen LogP contribution is -1.90. The van der Waals surface area contributed by atoms with Crippen LogP contribution in [0.1, 0.15) is 12.5 Å². The molecule has 2 aromatic heterocycles. The van der Waals surface area contributed by atoms with Crippen molar-refractivity contribution < 1.29 is 0 Å². The Morgan fingerprint density at radius 2 is 2.33 bits per heavy atom. The zero-order chi connectivity index (χ0) is 11.0. The first-order valence-corrected chi connectivity index (χ1v) is 5.46. The highest BCUT2D eigenvalue weighted by Gasteiger charge is 2.12. The average molecular weight is 270 g/mol. The Kier molecular flexibility index (Phi) is 2.52. The molecule has 0 saturated carbocycles. The van der Waals surface area contributed by atoms with Crippen molar-refractivity contribution in [3.63, 3.8) is 0 Å². The molecular formula is C9H12BrN5. The minimum atomic E-state index is 0.521. The van der Waals surface area contributed by atoms with Gasteiger partial charge in [0.2, 0.25) is 0 Å². The van der Waals surface area contributed by atoms with Gasteiger partial charge in [-0.3, -0.25) is 5.10 Å². The standard InChI is InChI=1S/C9H12BrN5/c1-3-15-4-6(12-9(15)10)7-5(2)8(11)14-13-7/h4H,3H2,1-2H3,(H3,11,13,14). The van der Waals surface area contributed by atoms with Crippen LogP contribution in [0.3, 0.4) is 0 Å². The minimum absolute atomic E-state index is 0.521. The molecular weight excluding hydrogens is 258 g/mol. The molecule has 2 aromatic rings. The van der Waals surface area contributed by atoms with Crippen LogP contribution in [-0.2, 0) is 6.54 Å². The molecule has 6 heteroatoms. The highest BCUT2D eigenvalue weighted by Crippen LogP contribution is 2.24. The summed E-state index contributed by atoms with van der Waals surface area (Å²) in [5.41, 5.74) is 8.33. The monoisotopic (exact) mass is 269 g/mol. The summed E-state index contributed by atoms with van der Waals surface area (Å²) in [5, 5.41) is 6.83. The molecule has 5 nitrogen and oxygen atoms in total. The van der Waals surface area contributed by atoms with Gasteiger partial charge in [0, 0.05) is 18.3 Å². The number of halogens is 1. The molecule has 2 heterocycles. The summed E-state index contributed by atoms with van der Waals surface area (Å²) in [4.78, 5) is 4.38. The predicted octanol–water partition coefficient (Wildman–Crippen LogP) is 1.95. The van der Waals surface area contributed by atoms with E-state index in [9.17, 15) is 0 Å². The smallest absolute Gasteiger partial charge is 0.177 e. The second kappa shape index (κ2) is 3.69. The van der Waals surface area contributed by atoms with Crippen LogP contribution in [0, 0.1) is 6.92 Å². The number of hydrogen-bond acceptors (Lipinski definition) is 3. The number of nitrogens with zero attached hydrogens (tertiary/aromatic N) is 3. The van der Waals surface area contributed by atoms with Gasteiger partial charge in [0.05, 0.1) is 5.69 Å². The number of nitrogen functional groups attached to an aromatic ring is 1. The van der Waals surface area contributed by atoms with E-state index < -0.39 is 0 Å². The van der Waals surface area contributed by atoms with E-state index in [0.717, 1.165) is 28.2 Å². The van der Waals surface area contributed by atoms with Crippen molar-refractivity contribution in [1.82, 2.24) is 19.7 Å². The number of aromatic amines is 1. The average Bonchev–Trinajstić information content (AvgIpc) is 2.72. The van der Waals surface area contributed by atoms with Crippen LogP contribution in [-0.4, -0.2) is 19.7 Å². The van der Waals surface area contributed by atoms with Crippen molar-refractivity contribution in [1.29, 1.82) is 0 Å². The Hall–Kier alpha value is -1.30. The second-order valence-corrected chi connectivity index (χ2v) is 4.00. The molecule has 3 N–H and O–H groups in total. The molecule has 0 bridgehead atoms. The Balaban J connectivity index is 2.50. The van der Waals surface area contributed by atoms with Gasteiger partial charge >= 0.3 is 0 Å². The van der Waals surface area contributed by atoms with Crippen molar-refractivity contribution in [3.8, 4) is 11.4 Å². The molecule has 2 rings (SSSR count). The van der Waals surface area contributed by atoms with E-state index in [1.165, 1.54) is 0 Å². The molecule has 0 saturated heterocycles. The van der Waals surface area contributed by atoms with Crippen LogP contribution in [0.15, 0.2) is 10.9 Å². The minimum Gasteiger partial charge on any atom is -0.382 e. The molecule has 80 valence electrons. The zero-order valence-corrected chi connectivity index (χ0v) is 10.2. The van der Waals surface area contributed by atoms with Crippen molar-refractivity contribution in [2.24, 2.45) is 0 Å². The van der Waals surface area contributed by atoms with Crippen LogP contribution in [0.25, 0.3) is 11.4 Å². The Bertz CT molecular complexity index is 485. The maximum Gasteiger partial charge on any atom is 0.177 e. The SMILES string of the molecule is CCn1cc(-c2[nH]nc(N)c2C)nc1Br. The molecule has 0 amide bonds. The van der Waals surface area contributed by atoms with Gasteiger partial charge in [0.15, 0.2) is 4.73 Å². The number of aryl methyl sites for hydroxylation is 1. The van der Waals surface area contributed by atoms with E-state index in [4.69, 9.17) is 5.73 Å². The molecule has 0 aromatic carbocycles. The summed E-state index contributed by atoms with van der Waals surface area (Å²) in [6.45, 7) is 4.85. The normalized spacial score (nSPS) is 10.9. The van der Waals surface area contributed by atoms with E-state index in [1.807, 2.05) is 17.7 Å². The predicted molar refractivity (Wildman–Crippen MR) is 62.3 cm³/mol. The van der Waals surface area contributed by atoms with Crippen LogP contribution < -0.4 is 5.73 Å². The fourth-order valence-corrected chi connectivity index (χ4v) is 1.94. The lowest BCUT2D eigenvalue weighted by molar-refractivity contribution is 0.741. The van der Waals surface area contributed by atoms with Gasteiger partial charge in [0.25, 0.3) is 0 Å². The van der Waals surface area contributed by atoms with Crippen LogP contribution in [0.5, 0.6) is 0 Å². The fourth-order valence-electron chi connectivity index (χ4n) is 1.40.